The van der Waals surface area contributed by atoms with E-state index in [1.807, 2.05) is 19.6 Å². The summed E-state index contributed by atoms with van der Waals surface area (Å²) in [6.45, 7) is 5.54. The molecule has 0 radical (unpaired) electrons. The van der Waals surface area contributed by atoms with Crippen LogP contribution in [0.1, 0.15) is 10.4 Å². The number of ether oxygens (including phenoxy) is 2. The van der Waals surface area contributed by atoms with Crippen LogP contribution in [0, 0.1) is 11.5 Å². The maximum absolute atomic E-state index is 12.0. The molecule has 136 valence electrons. The number of hydrogen-bond acceptors (Lipinski definition) is 6. The molecule has 0 saturated carbocycles. The molecule has 1 aliphatic heterocycles. The molecule has 3 N–H and O–H groups in total. The Morgan fingerprint density at radius 1 is 1.32 bits per heavy atom. The van der Waals surface area contributed by atoms with Crippen LogP contribution < -0.4 is 0 Å². The summed E-state index contributed by atoms with van der Waals surface area (Å²) in [6, 6.07) is 6.10. The third-order valence-electron chi connectivity index (χ3n) is 3.60. The largest absolute Gasteiger partial charge is 0.459 e. The smallest absolute Gasteiger partial charge is 0.338 e. The Morgan fingerprint density at radius 3 is 2.48 bits per heavy atom. The summed E-state index contributed by atoms with van der Waals surface area (Å²) in [6.07, 6.45) is -4.40. The fourth-order valence-electron chi connectivity index (χ4n) is 2.18. The number of aliphatic hydroxyl groups excluding tert-OH is 2. The minimum Gasteiger partial charge on any atom is -0.459 e. The summed E-state index contributed by atoms with van der Waals surface area (Å²) in [5.41, 5.74) is 1.21. The van der Waals surface area contributed by atoms with Gasteiger partial charge in [0.1, 0.15) is 26.9 Å². The average molecular weight is 385 g/mol. The summed E-state index contributed by atoms with van der Waals surface area (Å²) in [5, 5.41) is 30.9. The molecule has 0 aliphatic carbocycles. The predicted molar refractivity (Wildman–Crippen MR) is 94.7 cm³/mol. The first-order valence-electron chi connectivity index (χ1n) is 7.74. The molecule has 0 bridgehead atoms. The van der Waals surface area contributed by atoms with Crippen LogP contribution in [-0.2, 0) is 9.47 Å². The lowest BCUT2D eigenvalue weighted by Gasteiger charge is -2.25. The van der Waals surface area contributed by atoms with Gasteiger partial charge in [-0.25, -0.2) is 4.79 Å². The molecule has 0 aromatic heterocycles. The Hall–Kier alpha value is -1.40. The summed E-state index contributed by atoms with van der Waals surface area (Å²) in [5.74, 6) is 1.98. The van der Waals surface area contributed by atoms with Gasteiger partial charge in [0.25, 0.3) is 0 Å². The molecule has 1 saturated heterocycles. The molecule has 1 aromatic carbocycles. The summed E-state index contributed by atoms with van der Waals surface area (Å²) < 4.78 is 10.3. The van der Waals surface area contributed by atoms with Crippen molar-refractivity contribution >= 4 is 25.6 Å². The van der Waals surface area contributed by atoms with E-state index in [1.165, 1.54) is 12.1 Å². The van der Waals surface area contributed by atoms with E-state index in [4.69, 9.17) is 21.1 Å². The Balaban J connectivity index is 2.12. The van der Waals surface area contributed by atoms with Crippen molar-refractivity contribution < 1.29 is 29.6 Å². The van der Waals surface area contributed by atoms with E-state index in [2.05, 4.69) is 11.5 Å². The molecule has 6 nitrogen and oxygen atoms in total. The highest BCUT2D eigenvalue weighted by Crippen LogP contribution is 2.30. The van der Waals surface area contributed by atoms with E-state index in [0.29, 0.717) is 5.02 Å². The number of benzene rings is 1. The number of rotatable bonds is 3. The van der Waals surface area contributed by atoms with Gasteiger partial charge in [-0.1, -0.05) is 37.2 Å². The summed E-state index contributed by atoms with van der Waals surface area (Å²) >= 11 is 5.77. The first-order chi connectivity index (χ1) is 11.5. The van der Waals surface area contributed by atoms with Crippen molar-refractivity contribution in [3.8, 4) is 11.5 Å². The van der Waals surface area contributed by atoms with E-state index in [9.17, 15) is 20.1 Å². The summed E-state index contributed by atoms with van der Waals surface area (Å²) in [7, 11) is -1.85. The number of carbonyl (C=O) groups excluding carboxylic acids is 1. The van der Waals surface area contributed by atoms with Crippen molar-refractivity contribution in [2.24, 2.45) is 0 Å². The van der Waals surface area contributed by atoms with E-state index in [0.717, 1.165) is 0 Å². The van der Waals surface area contributed by atoms with Crippen LogP contribution in [0.4, 0.5) is 0 Å². The lowest BCUT2D eigenvalue weighted by molar-refractivity contribution is -0.133. The Morgan fingerprint density at radius 2 is 1.92 bits per heavy atom. The molecule has 0 unspecified atom stereocenters. The topological polar surface area (TPSA) is 96.2 Å². The van der Waals surface area contributed by atoms with Gasteiger partial charge in [0.05, 0.1) is 5.56 Å². The lowest BCUT2D eigenvalue weighted by atomic mass is 9.94. The first kappa shape index (κ1) is 19.9. The zero-order valence-corrected chi connectivity index (χ0v) is 15.9. The Labute approximate surface area is 152 Å². The molecule has 0 spiro atoms. The van der Waals surface area contributed by atoms with Gasteiger partial charge in [-0.15, -0.1) is 5.54 Å². The van der Waals surface area contributed by atoms with Gasteiger partial charge in [-0.3, -0.25) is 0 Å². The number of halogens is 1. The second-order valence-corrected chi connectivity index (χ2v) is 12.1. The highest BCUT2D eigenvalue weighted by molar-refractivity contribution is 6.83. The minimum absolute atomic E-state index is 0.278. The number of hydrogen-bond donors (Lipinski definition) is 3. The third-order valence-corrected chi connectivity index (χ3v) is 4.73. The second-order valence-electron chi connectivity index (χ2n) is 6.89. The van der Waals surface area contributed by atoms with Gasteiger partial charge in [0.15, 0.2) is 11.9 Å². The van der Waals surface area contributed by atoms with Crippen molar-refractivity contribution in [1.82, 2.24) is 0 Å². The van der Waals surface area contributed by atoms with Gasteiger partial charge in [0.2, 0.25) is 0 Å². The normalized spacial score (nSPS) is 29.0. The zero-order chi connectivity index (χ0) is 18.8. The van der Waals surface area contributed by atoms with Crippen molar-refractivity contribution in [2.45, 2.75) is 43.7 Å². The monoisotopic (exact) mass is 384 g/mol. The van der Waals surface area contributed by atoms with Gasteiger partial charge < -0.3 is 24.8 Å². The quantitative estimate of drug-likeness (QED) is 0.411. The molecular weight excluding hydrogens is 364 g/mol. The molecule has 1 aromatic rings. The maximum Gasteiger partial charge on any atom is 0.338 e. The number of esters is 1. The molecule has 1 aliphatic rings. The minimum atomic E-state index is -2.01. The Bertz CT molecular complexity index is 690. The summed E-state index contributed by atoms with van der Waals surface area (Å²) in [4.78, 5) is 12.0. The van der Waals surface area contributed by atoms with Crippen LogP contribution in [0.25, 0.3) is 0 Å². The lowest BCUT2D eigenvalue weighted by Crippen LogP contribution is -2.49. The number of carbonyl (C=O) groups is 1. The molecule has 0 amide bonds. The molecule has 25 heavy (non-hydrogen) atoms. The molecule has 4 atom stereocenters. The second kappa shape index (κ2) is 7.46. The van der Waals surface area contributed by atoms with Crippen molar-refractivity contribution in [1.29, 1.82) is 0 Å². The van der Waals surface area contributed by atoms with Gasteiger partial charge >= 0.3 is 5.97 Å². The van der Waals surface area contributed by atoms with Crippen molar-refractivity contribution in [2.75, 3.05) is 6.61 Å². The molecule has 8 heteroatoms. The van der Waals surface area contributed by atoms with Crippen molar-refractivity contribution in [3.05, 3.63) is 34.9 Å². The van der Waals surface area contributed by atoms with Gasteiger partial charge in [-0.05, 0) is 24.3 Å². The zero-order valence-electron chi connectivity index (χ0n) is 14.2. The maximum atomic E-state index is 12.0. The van der Waals surface area contributed by atoms with Crippen LogP contribution in [0.5, 0.6) is 0 Å². The van der Waals surface area contributed by atoms with Crippen LogP contribution in [0.15, 0.2) is 24.3 Å². The fourth-order valence-corrected chi connectivity index (χ4v) is 2.88. The van der Waals surface area contributed by atoms with Crippen LogP contribution in [0.2, 0.25) is 24.7 Å². The predicted octanol–water partition coefficient (Wildman–Crippen LogP) is 1.19. The highest BCUT2D eigenvalue weighted by Gasteiger charge is 2.55. The molecule has 1 heterocycles. The first-order valence-corrected chi connectivity index (χ1v) is 11.6. The molecule has 2 rings (SSSR count). The van der Waals surface area contributed by atoms with Crippen LogP contribution >= 0.6 is 11.6 Å². The van der Waals surface area contributed by atoms with Gasteiger partial charge in [-0.2, -0.15) is 0 Å². The van der Waals surface area contributed by atoms with Gasteiger partial charge in [0, 0.05) is 5.02 Å². The Kier molecular flexibility index (Phi) is 5.94. The molecular formula is C17H21ClO6Si. The van der Waals surface area contributed by atoms with E-state index < -0.39 is 38.1 Å². The van der Waals surface area contributed by atoms with E-state index in [-0.39, 0.29) is 12.2 Å². The third kappa shape index (κ3) is 4.82. The van der Waals surface area contributed by atoms with Crippen LogP contribution in [-0.4, -0.2) is 60.1 Å². The highest BCUT2D eigenvalue weighted by atomic mass is 35.5. The average Bonchev–Trinajstić information content (AvgIpc) is 2.75. The molecule has 1 fully saturated rings. The number of aliphatic hydroxyl groups is 3. The van der Waals surface area contributed by atoms with Crippen molar-refractivity contribution in [3.63, 3.8) is 0 Å². The van der Waals surface area contributed by atoms with Crippen LogP contribution in [0.3, 0.4) is 0 Å². The SMILES string of the molecule is C[Si](C)(C)C#C[C@@]1(O)[C@@H](COC(=O)c2ccc(Cl)cc2)O[C@H](O)[C@@H]1O. The standard InChI is InChI=1S/C17H21ClO6Si/c1-25(2,3)9-8-17(22)13(24-16(21)14(17)19)10-23-15(20)11-4-6-12(18)7-5-11/h4-7,13-14,16,19,21-22H,10H2,1-3H3/t13-,14+,16+,17-/m1/s1. The van der Waals surface area contributed by atoms with E-state index >= 15 is 0 Å². The van der Waals surface area contributed by atoms with E-state index in [1.54, 1.807) is 12.1 Å². The fraction of sp³-hybridized carbons (Fsp3) is 0.471.